The van der Waals surface area contributed by atoms with E-state index < -0.39 is 26.4 Å². The lowest BCUT2D eigenvalue weighted by atomic mass is 9.90. The maximum absolute atomic E-state index is 13.8. The van der Waals surface area contributed by atoms with Crippen molar-refractivity contribution in [3.05, 3.63) is 24.1 Å². The molecule has 1 aromatic rings. The van der Waals surface area contributed by atoms with Gasteiger partial charge in [0.15, 0.2) is 5.82 Å². The monoisotopic (exact) mass is 315 g/mol. The van der Waals surface area contributed by atoms with Gasteiger partial charge in [-0.3, -0.25) is 0 Å². The van der Waals surface area contributed by atoms with Crippen LogP contribution in [0.3, 0.4) is 0 Å². The summed E-state index contributed by atoms with van der Waals surface area (Å²) < 4.78 is 40.5. The number of hydrogen-bond acceptors (Lipinski definition) is 4. The van der Waals surface area contributed by atoms with E-state index in [1.54, 1.807) is 0 Å². The average molecular weight is 315 g/mol. The summed E-state index contributed by atoms with van der Waals surface area (Å²) >= 11 is 0. The summed E-state index contributed by atoms with van der Waals surface area (Å²) in [6.07, 6.45) is 6.71. The summed E-state index contributed by atoms with van der Waals surface area (Å²) in [4.78, 5) is 3.71. The lowest BCUT2D eigenvalue weighted by molar-refractivity contribution is 0.195. The minimum Gasteiger partial charge on any atom is -0.329 e. The summed E-state index contributed by atoms with van der Waals surface area (Å²) in [5.74, 6) is -0.829. The predicted octanol–water partition coefficient (Wildman–Crippen LogP) is 1.89. The van der Waals surface area contributed by atoms with E-state index in [4.69, 9.17) is 5.73 Å². The standard InChI is InChI=1S/C14H22FN3O2S/c1-18(14(11-16)8-4-2-3-5-9-14)21(19,20)13-12(15)7-6-10-17-13/h6-7,10H,2-5,8-9,11,16H2,1H3. The summed E-state index contributed by atoms with van der Waals surface area (Å²) in [6.45, 7) is 0.233. The fourth-order valence-corrected chi connectivity index (χ4v) is 4.51. The van der Waals surface area contributed by atoms with Crippen LogP contribution in [0.15, 0.2) is 23.4 Å². The highest BCUT2D eigenvalue weighted by Crippen LogP contribution is 2.34. The molecule has 0 radical (unpaired) electrons. The van der Waals surface area contributed by atoms with Crippen LogP contribution in [0, 0.1) is 5.82 Å². The highest BCUT2D eigenvalue weighted by Gasteiger charge is 2.42. The van der Waals surface area contributed by atoms with Crippen molar-refractivity contribution in [2.75, 3.05) is 13.6 Å². The van der Waals surface area contributed by atoms with Crippen molar-refractivity contribution in [1.29, 1.82) is 0 Å². The van der Waals surface area contributed by atoms with E-state index in [0.717, 1.165) is 31.7 Å². The second-order valence-corrected chi connectivity index (χ2v) is 7.49. The minimum absolute atomic E-state index is 0.233. The largest absolute Gasteiger partial charge is 0.329 e. The molecule has 0 bridgehead atoms. The molecule has 2 N–H and O–H groups in total. The van der Waals surface area contributed by atoms with Gasteiger partial charge < -0.3 is 5.73 Å². The molecule has 0 unspecified atom stereocenters. The van der Waals surface area contributed by atoms with Crippen molar-refractivity contribution < 1.29 is 12.8 Å². The van der Waals surface area contributed by atoms with Crippen LogP contribution in [0.2, 0.25) is 0 Å². The Morgan fingerprint density at radius 1 is 1.33 bits per heavy atom. The van der Waals surface area contributed by atoms with E-state index in [0.29, 0.717) is 12.8 Å². The van der Waals surface area contributed by atoms with Crippen LogP contribution in [0.4, 0.5) is 4.39 Å². The van der Waals surface area contributed by atoms with E-state index in [9.17, 15) is 12.8 Å². The predicted molar refractivity (Wildman–Crippen MR) is 78.6 cm³/mol. The average Bonchev–Trinajstić information content (AvgIpc) is 2.73. The first-order valence-corrected chi connectivity index (χ1v) is 8.68. The van der Waals surface area contributed by atoms with Crippen molar-refractivity contribution >= 4 is 10.0 Å². The van der Waals surface area contributed by atoms with Crippen LogP contribution in [0.5, 0.6) is 0 Å². The van der Waals surface area contributed by atoms with Gasteiger partial charge in [0.2, 0.25) is 5.03 Å². The summed E-state index contributed by atoms with van der Waals surface area (Å²) in [5, 5.41) is -0.524. The molecule has 1 heterocycles. The number of rotatable bonds is 4. The van der Waals surface area contributed by atoms with Gasteiger partial charge in [0, 0.05) is 25.3 Å². The molecule has 0 atom stereocenters. The van der Waals surface area contributed by atoms with E-state index >= 15 is 0 Å². The van der Waals surface area contributed by atoms with Gasteiger partial charge in [0.05, 0.1) is 0 Å². The molecule has 0 saturated heterocycles. The summed E-state index contributed by atoms with van der Waals surface area (Å²) in [7, 11) is -2.50. The van der Waals surface area contributed by atoms with E-state index in [2.05, 4.69) is 4.98 Å². The molecular formula is C14H22FN3O2S. The Morgan fingerprint density at radius 2 is 1.95 bits per heavy atom. The van der Waals surface area contributed by atoms with E-state index in [-0.39, 0.29) is 6.54 Å². The van der Waals surface area contributed by atoms with Gasteiger partial charge in [0.1, 0.15) is 0 Å². The van der Waals surface area contributed by atoms with Gasteiger partial charge in [-0.1, -0.05) is 25.7 Å². The molecule has 21 heavy (non-hydrogen) atoms. The second kappa shape index (κ2) is 6.37. The van der Waals surface area contributed by atoms with Gasteiger partial charge in [-0.15, -0.1) is 0 Å². The first-order valence-electron chi connectivity index (χ1n) is 7.24. The van der Waals surface area contributed by atoms with Crippen molar-refractivity contribution in [1.82, 2.24) is 9.29 Å². The molecule has 0 aliphatic heterocycles. The molecule has 5 nitrogen and oxygen atoms in total. The maximum atomic E-state index is 13.8. The zero-order chi connectivity index (χ0) is 15.5. The van der Waals surface area contributed by atoms with Crippen molar-refractivity contribution in [3.63, 3.8) is 0 Å². The second-order valence-electron chi connectivity index (χ2n) is 5.61. The minimum atomic E-state index is -3.99. The molecule has 0 aromatic carbocycles. The topological polar surface area (TPSA) is 76.3 Å². The Labute approximate surface area is 125 Å². The van der Waals surface area contributed by atoms with Gasteiger partial charge >= 0.3 is 0 Å². The number of likely N-dealkylation sites (N-methyl/N-ethyl adjacent to an activating group) is 1. The molecule has 1 aromatic heterocycles. The van der Waals surface area contributed by atoms with Gasteiger partial charge in [-0.05, 0) is 25.0 Å². The maximum Gasteiger partial charge on any atom is 0.263 e. The number of aromatic nitrogens is 1. The number of pyridine rings is 1. The zero-order valence-electron chi connectivity index (χ0n) is 12.3. The van der Waals surface area contributed by atoms with Crippen LogP contribution in [-0.4, -0.2) is 36.8 Å². The van der Waals surface area contributed by atoms with Crippen LogP contribution in [0.25, 0.3) is 0 Å². The number of nitrogens with two attached hydrogens (primary N) is 1. The van der Waals surface area contributed by atoms with E-state index in [1.165, 1.54) is 23.6 Å². The fraction of sp³-hybridized carbons (Fsp3) is 0.643. The van der Waals surface area contributed by atoms with Gasteiger partial charge in [0.25, 0.3) is 10.0 Å². The lowest BCUT2D eigenvalue weighted by Crippen LogP contribution is -2.54. The highest BCUT2D eigenvalue weighted by molar-refractivity contribution is 7.89. The number of sulfonamides is 1. The molecule has 1 fully saturated rings. The SMILES string of the molecule is CN(C1(CN)CCCCCC1)S(=O)(=O)c1ncccc1F. The van der Waals surface area contributed by atoms with E-state index in [1.807, 2.05) is 0 Å². The fourth-order valence-electron chi connectivity index (χ4n) is 2.98. The van der Waals surface area contributed by atoms with Crippen molar-refractivity contribution in [2.24, 2.45) is 5.73 Å². The summed E-state index contributed by atoms with van der Waals surface area (Å²) in [6, 6.07) is 2.48. The molecule has 1 saturated carbocycles. The Morgan fingerprint density at radius 3 is 2.48 bits per heavy atom. The Bertz CT molecular complexity index is 584. The Hall–Kier alpha value is -1.05. The summed E-state index contributed by atoms with van der Waals surface area (Å²) in [5.41, 5.74) is 5.26. The van der Waals surface area contributed by atoms with Crippen molar-refractivity contribution in [3.8, 4) is 0 Å². The van der Waals surface area contributed by atoms with Crippen molar-refractivity contribution in [2.45, 2.75) is 49.1 Å². The smallest absolute Gasteiger partial charge is 0.263 e. The van der Waals surface area contributed by atoms with Crippen LogP contribution in [0.1, 0.15) is 38.5 Å². The third-order valence-electron chi connectivity index (χ3n) is 4.41. The number of hydrogen-bond donors (Lipinski definition) is 1. The zero-order valence-corrected chi connectivity index (χ0v) is 13.1. The van der Waals surface area contributed by atoms with Crippen LogP contribution in [-0.2, 0) is 10.0 Å². The number of halogens is 1. The first kappa shape index (κ1) is 16.3. The molecular weight excluding hydrogens is 293 g/mol. The van der Waals surface area contributed by atoms with Crippen LogP contribution >= 0.6 is 0 Å². The lowest BCUT2D eigenvalue weighted by Gasteiger charge is -2.39. The van der Waals surface area contributed by atoms with Crippen LogP contribution < -0.4 is 5.73 Å². The van der Waals surface area contributed by atoms with Gasteiger partial charge in [-0.2, -0.15) is 4.31 Å². The highest BCUT2D eigenvalue weighted by atomic mass is 32.2. The van der Waals surface area contributed by atoms with Gasteiger partial charge in [-0.25, -0.2) is 17.8 Å². The Kier molecular flexibility index (Phi) is 4.95. The third kappa shape index (κ3) is 3.09. The first-order chi connectivity index (χ1) is 9.94. The quantitative estimate of drug-likeness (QED) is 0.861. The molecule has 118 valence electrons. The Balaban J connectivity index is 2.40. The molecule has 1 aliphatic carbocycles. The third-order valence-corrected chi connectivity index (χ3v) is 6.31. The normalized spacial score (nSPS) is 19.4. The molecule has 0 amide bonds. The molecule has 0 spiro atoms. The number of nitrogens with zero attached hydrogens (tertiary/aromatic N) is 2. The molecule has 1 aliphatic rings. The molecule has 7 heteroatoms. The molecule has 2 rings (SSSR count).